The minimum atomic E-state index is -0.922. The van der Waals surface area contributed by atoms with Crippen LogP contribution in [0.3, 0.4) is 0 Å². The first-order chi connectivity index (χ1) is 33.1. The zero-order chi connectivity index (χ0) is 49.9. The summed E-state index contributed by atoms with van der Waals surface area (Å²) in [6.07, 6.45) is 62.2. The second kappa shape index (κ2) is 49.6. The van der Waals surface area contributed by atoms with Gasteiger partial charge in [-0.1, -0.05) is 211 Å². The Kier molecular flexibility index (Phi) is 47.8. The Hall–Kier alpha value is -2.41. The van der Waals surface area contributed by atoms with Gasteiger partial charge in [0.1, 0.15) is 0 Å². The van der Waals surface area contributed by atoms with Crippen LogP contribution in [-0.4, -0.2) is 68.9 Å². The molecule has 0 unspecified atom stereocenters. The monoisotopic (exact) mass is 957 g/mol. The van der Waals surface area contributed by atoms with Crippen molar-refractivity contribution in [1.82, 2.24) is 0 Å². The Morgan fingerprint density at radius 2 is 0.500 bits per heavy atom. The van der Waals surface area contributed by atoms with E-state index in [1.54, 1.807) is 0 Å². The number of carbonyl (C=O) groups is 3. The number of quaternary nitrogens is 1. The maximum Gasteiger partial charge on any atom is 0.306 e. The summed E-state index contributed by atoms with van der Waals surface area (Å²) in [6.45, 7) is 6.84. The molecule has 0 rings (SSSR count). The summed E-state index contributed by atoms with van der Waals surface area (Å²) in [6, 6.07) is 0. The van der Waals surface area contributed by atoms with Gasteiger partial charge in [0.05, 0.1) is 21.1 Å². The summed E-state index contributed by atoms with van der Waals surface area (Å²) < 4.78 is 18.1. The second-order valence-corrected chi connectivity index (χ2v) is 21.2. The minimum Gasteiger partial charge on any atom is -0.459 e. The van der Waals surface area contributed by atoms with E-state index in [9.17, 15) is 14.4 Å². The lowest BCUT2D eigenvalue weighted by Crippen LogP contribution is -2.65. The van der Waals surface area contributed by atoms with Gasteiger partial charge in [-0.2, -0.15) is 0 Å². The molecule has 0 radical (unpaired) electrons. The zero-order valence-corrected chi connectivity index (χ0v) is 46.2. The van der Waals surface area contributed by atoms with E-state index in [4.69, 9.17) is 14.2 Å². The van der Waals surface area contributed by atoms with Crippen LogP contribution in [0.2, 0.25) is 0 Å². The van der Waals surface area contributed by atoms with Gasteiger partial charge in [0.15, 0.2) is 19.8 Å². The Balaban J connectivity index is 4.86. The van der Waals surface area contributed by atoms with Crippen LogP contribution < -0.4 is 0 Å². The van der Waals surface area contributed by atoms with E-state index in [1.165, 1.54) is 173 Å². The second-order valence-electron chi connectivity index (χ2n) is 21.2. The fourth-order valence-corrected chi connectivity index (χ4v) is 8.59. The number of likely N-dealkylation sites (N-methyl/N-ethyl adjacent to an activating group) is 1. The predicted octanol–water partition coefficient (Wildman–Crippen LogP) is 18.2. The van der Waals surface area contributed by atoms with Gasteiger partial charge < -0.3 is 18.7 Å². The van der Waals surface area contributed by atoms with Crippen molar-refractivity contribution in [2.45, 2.75) is 296 Å². The van der Waals surface area contributed by atoms with Crippen molar-refractivity contribution in [3.63, 3.8) is 0 Å². The molecule has 0 bridgehead atoms. The highest BCUT2D eigenvalue weighted by Crippen LogP contribution is 2.24. The summed E-state index contributed by atoms with van der Waals surface area (Å²) in [5.41, 5.74) is -0.922. The van der Waals surface area contributed by atoms with Gasteiger partial charge in [-0.05, 0) is 96.3 Å². The molecule has 0 fully saturated rings. The molecule has 7 heteroatoms. The van der Waals surface area contributed by atoms with Crippen LogP contribution in [0.1, 0.15) is 290 Å². The van der Waals surface area contributed by atoms with Gasteiger partial charge in [-0.3, -0.25) is 14.4 Å². The molecule has 0 saturated heterocycles. The number of nitrogens with zero attached hydrogens (tertiary/aromatic N) is 1. The van der Waals surface area contributed by atoms with Crippen LogP contribution in [0.4, 0.5) is 0 Å². The summed E-state index contributed by atoms with van der Waals surface area (Å²) in [5.74, 6) is -0.751. The summed E-state index contributed by atoms with van der Waals surface area (Å²) in [4.78, 5) is 39.3. The van der Waals surface area contributed by atoms with Gasteiger partial charge in [0.2, 0.25) is 5.54 Å². The first kappa shape index (κ1) is 65.6. The van der Waals surface area contributed by atoms with Crippen molar-refractivity contribution < 1.29 is 33.1 Å². The first-order valence-corrected chi connectivity index (χ1v) is 29.3. The van der Waals surface area contributed by atoms with E-state index < -0.39 is 5.54 Å². The molecule has 0 N–H and O–H groups in total. The topological polar surface area (TPSA) is 78.9 Å². The van der Waals surface area contributed by atoms with E-state index in [1.807, 2.05) is 21.1 Å². The Morgan fingerprint density at radius 3 is 0.706 bits per heavy atom. The molecule has 0 aromatic rings. The number of ether oxygens (including phenoxy) is 3. The van der Waals surface area contributed by atoms with Crippen molar-refractivity contribution in [2.75, 3.05) is 41.0 Å². The van der Waals surface area contributed by atoms with Crippen LogP contribution in [0.25, 0.3) is 0 Å². The molecular weight excluding hydrogens is 843 g/mol. The van der Waals surface area contributed by atoms with Gasteiger partial charge in [-0.25, -0.2) is 0 Å². The summed E-state index contributed by atoms with van der Waals surface area (Å²) in [5, 5.41) is 0. The highest BCUT2D eigenvalue weighted by Gasteiger charge is 2.47. The number of esters is 3. The van der Waals surface area contributed by atoms with Gasteiger partial charge in [0, 0.05) is 19.3 Å². The van der Waals surface area contributed by atoms with Crippen molar-refractivity contribution in [1.29, 1.82) is 0 Å². The number of unbranched alkanes of at least 4 members (excludes halogenated alkanes) is 33. The van der Waals surface area contributed by atoms with E-state index in [2.05, 4.69) is 57.2 Å². The Morgan fingerprint density at radius 1 is 0.309 bits per heavy atom. The number of hydrogen-bond donors (Lipinski definition) is 0. The van der Waals surface area contributed by atoms with Crippen molar-refractivity contribution in [3.8, 4) is 0 Å². The summed E-state index contributed by atoms with van der Waals surface area (Å²) in [7, 11) is 5.98. The normalized spacial score (nSPS) is 12.3. The third-order valence-corrected chi connectivity index (χ3v) is 13.9. The SMILES string of the molecule is CCCCCCCCC=CCCCCCCCC(=O)OCC(COC(=O)CCCCCCC/C=C\CCCCCCCC)(COC(=O)CCCCCCC/C=C\CCCCCCCC)[N+](C)(C)C. The third kappa shape index (κ3) is 43.6. The molecule has 0 aliphatic heterocycles. The molecule has 7 nitrogen and oxygen atoms in total. The number of rotatable bonds is 52. The standard InChI is InChI=1S/C61H114NO6/c1-7-10-13-16-19-22-25-28-31-34-37-40-43-46-49-52-58(63)66-55-61(62(4,5)6,56-67-59(64)53-50-47-44-41-38-35-32-29-26-23-20-17-14-11-8-2)57-68-60(65)54-51-48-45-42-39-36-33-30-27-24-21-18-15-12-9-3/h28-33H,7-27,34-57H2,1-6H3/q+1/b31-28-,32-29-,33-30?. The molecule has 0 aromatic carbocycles. The average molecular weight is 958 g/mol. The fraction of sp³-hybridized carbons (Fsp3) is 0.852. The lowest BCUT2D eigenvalue weighted by molar-refractivity contribution is -0.925. The number of allylic oxidation sites excluding steroid dienone is 6. The fourth-order valence-electron chi connectivity index (χ4n) is 8.59. The lowest BCUT2D eigenvalue weighted by Gasteiger charge is -2.44. The molecule has 0 atom stereocenters. The quantitative estimate of drug-likeness (QED) is 0.0199. The molecule has 0 spiro atoms. The minimum absolute atomic E-state index is 0.0157. The highest BCUT2D eigenvalue weighted by atomic mass is 16.6. The molecule has 0 saturated carbocycles. The maximum atomic E-state index is 13.1. The maximum absolute atomic E-state index is 13.1. The average Bonchev–Trinajstić information content (AvgIpc) is 3.32. The van der Waals surface area contributed by atoms with Crippen LogP contribution in [0, 0.1) is 0 Å². The van der Waals surface area contributed by atoms with E-state index >= 15 is 0 Å². The predicted molar refractivity (Wildman–Crippen MR) is 292 cm³/mol. The van der Waals surface area contributed by atoms with Gasteiger partial charge in [0.25, 0.3) is 0 Å². The Labute approximate surface area is 422 Å². The molecule has 68 heavy (non-hydrogen) atoms. The largest absolute Gasteiger partial charge is 0.459 e. The van der Waals surface area contributed by atoms with E-state index in [-0.39, 0.29) is 37.7 Å². The van der Waals surface area contributed by atoms with Gasteiger partial charge in [-0.15, -0.1) is 0 Å². The molecule has 0 heterocycles. The highest BCUT2D eigenvalue weighted by molar-refractivity contribution is 5.70. The van der Waals surface area contributed by atoms with Crippen molar-refractivity contribution >= 4 is 17.9 Å². The van der Waals surface area contributed by atoms with E-state index in [0.29, 0.717) is 23.7 Å². The van der Waals surface area contributed by atoms with Crippen LogP contribution in [0.15, 0.2) is 36.5 Å². The van der Waals surface area contributed by atoms with Crippen molar-refractivity contribution in [2.24, 2.45) is 0 Å². The third-order valence-electron chi connectivity index (χ3n) is 13.9. The molecule has 0 aliphatic rings. The smallest absolute Gasteiger partial charge is 0.306 e. The molecule has 0 aliphatic carbocycles. The number of carbonyl (C=O) groups excluding carboxylic acids is 3. The van der Waals surface area contributed by atoms with Crippen LogP contribution in [-0.2, 0) is 28.6 Å². The van der Waals surface area contributed by atoms with Crippen LogP contribution >= 0.6 is 0 Å². The molecule has 0 amide bonds. The van der Waals surface area contributed by atoms with E-state index in [0.717, 1.165) is 77.0 Å². The van der Waals surface area contributed by atoms with Crippen molar-refractivity contribution in [3.05, 3.63) is 36.5 Å². The number of hydrogen-bond acceptors (Lipinski definition) is 6. The Bertz CT molecular complexity index is 1080. The molecule has 398 valence electrons. The lowest BCUT2D eigenvalue weighted by atomic mass is 9.98. The molecule has 0 aromatic heterocycles. The van der Waals surface area contributed by atoms with Crippen LogP contribution in [0.5, 0.6) is 0 Å². The zero-order valence-electron chi connectivity index (χ0n) is 46.2. The molecular formula is C61H114NO6+. The first-order valence-electron chi connectivity index (χ1n) is 29.3. The van der Waals surface area contributed by atoms with Gasteiger partial charge >= 0.3 is 17.9 Å². The summed E-state index contributed by atoms with van der Waals surface area (Å²) >= 11 is 0.